The van der Waals surface area contributed by atoms with Crippen LogP contribution in [0.4, 0.5) is 0 Å². The molecule has 1 aromatic rings. The molecule has 0 fully saturated rings. The molecule has 0 atom stereocenters. The molecule has 19 heavy (non-hydrogen) atoms. The summed E-state index contributed by atoms with van der Waals surface area (Å²) < 4.78 is 0. The predicted molar refractivity (Wildman–Crippen MR) is 74.3 cm³/mol. The summed E-state index contributed by atoms with van der Waals surface area (Å²) in [6.07, 6.45) is 2.41. The Morgan fingerprint density at radius 1 is 0.789 bits per heavy atom. The van der Waals surface area contributed by atoms with Crippen molar-refractivity contribution in [3.8, 4) is 5.75 Å². The number of hydrogen-bond donors (Lipinski definition) is 1. The van der Waals surface area contributed by atoms with Crippen molar-refractivity contribution in [2.24, 2.45) is 9.98 Å². The SMILES string of the molecule is O=C=NCN=C=O.Oc1c(Cl)c(Cl)c(Cl)c(Cl)c1Cl. The van der Waals surface area contributed by atoms with Gasteiger partial charge in [-0.3, -0.25) is 0 Å². The summed E-state index contributed by atoms with van der Waals surface area (Å²) in [5, 5.41) is 9.01. The van der Waals surface area contributed by atoms with Crippen LogP contribution in [0.5, 0.6) is 5.75 Å². The Hall–Kier alpha value is -0.770. The molecule has 0 saturated carbocycles. The number of rotatable bonds is 2. The molecule has 0 aliphatic rings. The van der Waals surface area contributed by atoms with Gasteiger partial charge in [0.2, 0.25) is 12.2 Å². The zero-order valence-corrected chi connectivity index (χ0v) is 12.5. The van der Waals surface area contributed by atoms with Crippen LogP contribution >= 0.6 is 58.0 Å². The number of phenols is 1. The third-order valence-corrected chi connectivity index (χ3v) is 3.71. The summed E-state index contributed by atoms with van der Waals surface area (Å²) >= 11 is 27.9. The summed E-state index contributed by atoms with van der Waals surface area (Å²) in [6, 6.07) is 0. The minimum absolute atomic E-state index is 0.00904. The molecule has 0 saturated heterocycles. The molecule has 1 rings (SSSR count). The minimum Gasteiger partial charge on any atom is -0.505 e. The van der Waals surface area contributed by atoms with Crippen LogP contribution in [-0.2, 0) is 9.59 Å². The van der Waals surface area contributed by atoms with Gasteiger partial charge in [-0.1, -0.05) is 58.0 Å². The Morgan fingerprint density at radius 3 is 1.42 bits per heavy atom. The van der Waals surface area contributed by atoms with Crippen molar-refractivity contribution in [2.75, 3.05) is 6.67 Å². The molecule has 1 aromatic carbocycles. The average Bonchev–Trinajstić information content (AvgIpc) is 2.42. The number of nitrogens with zero attached hydrogens (tertiary/aromatic N) is 2. The van der Waals surface area contributed by atoms with Crippen molar-refractivity contribution in [2.45, 2.75) is 0 Å². The van der Waals surface area contributed by atoms with E-state index >= 15 is 0 Å². The lowest BCUT2D eigenvalue weighted by atomic mass is 10.3. The molecular formula is C9H3Cl5N2O3. The van der Waals surface area contributed by atoms with Crippen molar-refractivity contribution in [1.29, 1.82) is 0 Å². The molecule has 0 heterocycles. The van der Waals surface area contributed by atoms with E-state index in [-0.39, 0.29) is 37.5 Å². The van der Waals surface area contributed by atoms with Crippen LogP contribution in [0.3, 0.4) is 0 Å². The van der Waals surface area contributed by atoms with E-state index in [2.05, 4.69) is 9.98 Å². The zero-order chi connectivity index (χ0) is 15.0. The third-order valence-electron chi connectivity index (χ3n) is 1.46. The number of isocyanates is 2. The molecule has 5 nitrogen and oxygen atoms in total. The van der Waals surface area contributed by atoms with Crippen LogP contribution in [0.15, 0.2) is 9.98 Å². The number of aromatic hydroxyl groups is 1. The van der Waals surface area contributed by atoms with Crippen LogP contribution in [0.2, 0.25) is 25.1 Å². The Kier molecular flexibility index (Phi) is 8.81. The lowest BCUT2D eigenvalue weighted by Gasteiger charge is -2.06. The minimum atomic E-state index is -0.363. The molecular weight excluding hydrogens is 361 g/mol. The van der Waals surface area contributed by atoms with Gasteiger partial charge < -0.3 is 5.11 Å². The molecule has 102 valence electrons. The molecule has 0 radical (unpaired) electrons. The predicted octanol–water partition coefficient (Wildman–Crippen LogP) is 4.27. The summed E-state index contributed by atoms with van der Waals surface area (Å²) in [6.45, 7) is -0.160. The standard InChI is InChI=1S/C6HCl5O.C3H2N2O2/c7-1-2(8)4(10)6(12)5(11)3(1)9;6-2-4-1-5-3-7/h12H;1H2. The number of hydrogen-bond acceptors (Lipinski definition) is 5. The molecule has 0 unspecified atom stereocenters. The molecule has 0 amide bonds. The maximum absolute atomic E-state index is 9.20. The Morgan fingerprint density at radius 2 is 1.11 bits per heavy atom. The first kappa shape index (κ1) is 18.2. The van der Waals surface area contributed by atoms with E-state index in [1.807, 2.05) is 0 Å². The van der Waals surface area contributed by atoms with Crippen LogP contribution in [-0.4, -0.2) is 23.9 Å². The summed E-state index contributed by atoms with van der Waals surface area (Å²) in [4.78, 5) is 24.2. The van der Waals surface area contributed by atoms with Crippen molar-refractivity contribution >= 4 is 70.2 Å². The highest BCUT2D eigenvalue weighted by Gasteiger charge is 2.18. The number of aliphatic imine (C=N–C) groups is 2. The lowest BCUT2D eigenvalue weighted by Crippen LogP contribution is -1.78. The fraction of sp³-hybridized carbons (Fsp3) is 0.111. The van der Waals surface area contributed by atoms with Gasteiger partial charge in [-0.2, -0.15) is 9.98 Å². The van der Waals surface area contributed by atoms with Gasteiger partial charge in [0.05, 0.1) is 15.1 Å². The summed E-state index contributed by atoms with van der Waals surface area (Å²) in [7, 11) is 0. The number of benzene rings is 1. The van der Waals surface area contributed by atoms with Crippen LogP contribution in [0.1, 0.15) is 0 Å². The van der Waals surface area contributed by atoms with Gasteiger partial charge in [0.1, 0.15) is 10.0 Å². The first-order valence-corrected chi connectivity index (χ1v) is 6.05. The third kappa shape index (κ3) is 5.39. The van der Waals surface area contributed by atoms with Gasteiger partial charge in [0.15, 0.2) is 12.4 Å². The van der Waals surface area contributed by atoms with E-state index in [0.717, 1.165) is 0 Å². The highest BCUT2D eigenvalue weighted by atomic mass is 35.5. The average molecular weight is 364 g/mol. The molecule has 0 aromatic heterocycles. The zero-order valence-electron chi connectivity index (χ0n) is 8.76. The fourth-order valence-electron chi connectivity index (χ4n) is 0.686. The number of halogens is 5. The maximum Gasteiger partial charge on any atom is 0.236 e. The molecule has 0 aliphatic heterocycles. The van der Waals surface area contributed by atoms with Gasteiger partial charge in [-0.05, 0) is 0 Å². The van der Waals surface area contributed by atoms with Gasteiger partial charge in [-0.15, -0.1) is 0 Å². The first-order valence-electron chi connectivity index (χ1n) is 4.16. The Labute approximate surface area is 132 Å². The van der Waals surface area contributed by atoms with Crippen LogP contribution in [0, 0.1) is 0 Å². The molecule has 1 N–H and O–H groups in total. The monoisotopic (exact) mass is 362 g/mol. The maximum atomic E-state index is 9.20. The highest BCUT2D eigenvalue weighted by molar-refractivity contribution is 6.55. The van der Waals surface area contributed by atoms with Gasteiger partial charge >= 0.3 is 0 Å². The van der Waals surface area contributed by atoms with Crippen molar-refractivity contribution < 1.29 is 14.7 Å². The van der Waals surface area contributed by atoms with E-state index in [1.165, 1.54) is 12.2 Å². The largest absolute Gasteiger partial charge is 0.505 e. The molecule has 10 heteroatoms. The summed E-state index contributed by atoms with van der Waals surface area (Å²) in [5.74, 6) is -0.363. The Balaban J connectivity index is 0.000000399. The van der Waals surface area contributed by atoms with Gasteiger partial charge in [0.25, 0.3) is 0 Å². The first-order chi connectivity index (χ1) is 8.88. The van der Waals surface area contributed by atoms with Crippen molar-refractivity contribution in [1.82, 2.24) is 0 Å². The van der Waals surface area contributed by atoms with E-state index in [1.54, 1.807) is 0 Å². The molecule has 0 bridgehead atoms. The van der Waals surface area contributed by atoms with E-state index in [4.69, 9.17) is 58.0 Å². The smallest absolute Gasteiger partial charge is 0.236 e. The second kappa shape index (κ2) is 9.18. The number of carbonyl (C=O) groups excluding carboxylic acids is 2. The highest BCUT2D eigenvalue weighted by Crippen LogP contribution is 2.47. The topological polar surface area (TPSA) is 79.1 Å². The normalized spacial score (nSPS) is 8.68. The molecule has 0 aliphatic carbocycles. The Bertz CT molecular complexity index is 444. The van der Waals surface area contributed by atoms with E-state index in [0.29, 0.717) is 0 Å². The second-order valence-electron chi connectivity index (χ2n) is 2.56. The summed E-state index contributed by atoms with van der Waals surface area (Å²) in [5.41, 5.74) is 0. The number of phenolic OH excluding ortho intramolecular Hbond substituents is 1. The lowest BCUT2D eigenvalue weighted by molar-refractivity contribution is 0.476. The van der Waals surface area contributed by atoms with Crippen molar-refractivity contribution in [3.05, 3.63) is 25.1 Å². The van der Waals surface area contributed by atoms with Gasteiger partial charge in [0, 0.05) is 0 Å². The van der Waals surface area contributed by atoms with Crippen LogP contribution in [0.25, 0.3) is 0 Å². The van der Waals surface area contributed by atoms with E-state index < -0.39 is 0 Å². The van der Waals surface area contributed by atoms with Crippen LogP contribution < -0.4 is 0 Å². The van der Waals surface area contributed by atoms with Crippen molar-refractivity contribution in [3.63, 3.8) is 0 Å². The molecule has 0 spiro atoms. The quantitative estimate of drug-likeness (QED) is 0.368. The van der Waals surface area contributed by atoms with Gasteiger partial charge in [-0.25, -0.2) is 9.59 Å². The second-order valence-corrected chi connectivity index (χ2v) is 4.45. The fourth-order valence-corrected chi connectivity index (χ4v) is 1.81. The van der Waals surface area contributed by atoms with E-state index in [9.17, 15) is 14.7 Å².